The fourth-order valence-corrected chi connectivity index (χ4v) is 3.93. The highest BCUT2D eigenvalue weighted by Gasteiger charge is 2.36. The number of anilines is 1. The van der Waals surface area contributed by atoms with Crippen molar-refractivity contribution in [3.63, 3.8) is 0 Å². The molecule has 3 rings (SSSR count). The molecule has 1 fully saturated rings. The molecule has 0 aromatic heterocycles. The first-order chi connectivity index (χ1) is 10.2. The fraction of sp³-hybridized carbons (Fsp3) is 0.467. The summed E-state index contributed by atoms with van der Waals surface area (Å²) in [7, 11) is 0. The second-order valence-electron chi connectivity index (χ2n) is 5.38. The largest absolute Gasteiger partial charge is 0.481 e. The molecule has 2 unspecified atom stereocenters. The number of carbonyl (C=O) groups excluding carboxylic acids is 1. The number of aliphatic carboxylic acids is 1. The SMILES string of the molecule is O=C(O)CC1CN(C(=O)C2CSCCN2)c2ccccc21. The topological polar surface area (TPSA) is 69.6 Å². The number of hydrogen-bond acceptors (Lipinski definition) is 4. The summed E-state index contributed by atoms with van der Waals surface area (Å²) in [6.07, 6.45) is 0.0631. The minimum absolute atomic E-state index is 0.0579. The lowest BCUT2D eigenvalue weighted by molar-refractivity contribution is -0.137. The molecule has 6 heteroatoms. The van der Waals surface area contributed by atoms with Crippen LogP contribution in [0.25, 0.3) is 0 Å². The van der Waals surface area contributed by atoms with E-state index >= 15 is 0 Å². The van der Waals surface area contributed by atoms with Gasteiger partial charge in [0.25, 0.3) is 0 Å². The minimum atomic E-state index is -0.824. The third kappa shape index (κ3) is 2.91. The summed E-state index contributed by atoms with van der Waals surface area (Å²) in [4.78, 5) is 25.5. The van der Waals surface area contributed by atoms with Crippen molar-refractivity contribution in [3.05, 3.63) is 29.8 Å². The van der Waals surface area contributed by atoms with Crippen molar-refractivity contribution in [2.45, 2.75) is 18.4 Å². The van der Waals surface area contributed by atoms with Crippen molar-refractivity contribution < 1.29 is 14.7 Å². The predicted octanol–water partition coefficient (Wildman–Crippen LogP) is 1.30. The number of para-hydroxylation sites is 1. The van der Waals surface area contributed by atoms with Crippen LogP contribution in [0.1, 0.15) is 17.9 Å². The Morgan fingerprint density at radius 3 is 2.90 bits per heavy atom. The number of nitrogens with one attached hydrogen (secondary N) is 1. The third-order valence-electron chi connectivity index (χ3n) is 3.98. The van der Waals surface area contributed by atoms with Gasteiger partial charge in [0.05, 0.1) is 12.5 Å². The number of carboxylic acid groups (broad SMARTS) is 1. The van der Waals surface area contributed by atoms with Crippen molar-refractivity contribution in [1.29, 1.82) is 0 Å². The number of hydrogen-bond donors (Lipinski definition) is 2. The molecule has 0 radical (unpaired) electrons. The quantitative estimate of drug-likeness (QED) is 0.881. The molecule has 112 valence electrons. The lowest BCUT2D eigenvalue weighted by Crippen LogP contribution is -2.50. The van der Waals surface area contributed by atoms with Crippen molar-refractivity contribution in [2.75, 3.05) is 29.5 Å². The summed E-state index contributed by atoms with van der Waals surface area (Å²) in [6, 6.07) is 7.46. The van der Waals surface area contributed by atoms with E-state index in [9.17, 15) is 9.59 Å². The first kappa shape index (κ1) is 14.4. The standard InChI is InChI=1S/C15H18N2O3S/c18-14(19)7-10-8-17(13-4-2-1-3-11(10)13)15(20)12-9-21-6-5-16-12/h1-4,10,12,16H,5-9H2,(H,18,19). The zero-order valence-electron chi connectivity index (χ0n) is 11.6. The van der Waals surface area contributed by atoms with E-state index in [-0.39, 0.29) is 24.3 Å². The summed E-state index contributed by atoms with van der Waals surface area (Å²) in [5, 5.41) is 12.3. The highest BCUT2D eigenvalue weighted by atomic mass is 32.2. The van der Waals surface area contributed by atoms with Crippen LogP contribution in [0.4, 0.5) is 5.69 Å². The fourth-order valence-electron chi connectivity index (χ4n) is 3.00. The molecule has 0 aliphatic carbocycles. The van der Waals surface area contributed by atoms with Crippen LogP contribution in [0.15, 0.2) is 24.3 Å². The third-order valence-corrected chi connectivity index (χ3v) is 5.04. The van der Waals surface area contributed by atoms with E-state index < -0.39 is 5.97 Å². The Morgan fingerprint density at radius 2 is 2.19 bits per heavy atom. The summed E-state index contributed by atoms with van der Waals surface area (Å²) >= 11 is 1.78. The van der Waals surface area contributed by atoms with E-state index in [4.69, 9.17) is 5.11 Å². The Balaban J connectivity index is 1.83. The van der Waals surface area contributed by atoms with E-state index in [0.29, 0.717) is 6.54 Å². The summed E-state index contributed by atoms with van der Waals surface area (Å²) in [6.45, 7) is 1.31. The number of thioether (sulfide) groups is 1. The molecular formula is C15H18N2O3S. The summed E-state index contributed by atoms with van der Waals surface area (Å²) in [5.41, 5.74) is 1.84. The highest BCUT2D eigenvalue weighted by Crippen LogP contribution is 2.38. The van der Waals surface area contributed by atoms with Gasteiger partial charge in [0, 0.05) is 36.2 Å². The number of fused-ring (bicyclic) bond motifs is 1. The van der Waals surface area contributed by atoms with Crippen LogP contribution in [0.5, 0.6) is 0 Å². The lowest BCUT2D eigenvalue weighted by Gasteiger charge is -2.27. The van der Waals surface area contributed by atoms with E-state index in [1.165, 1.54) is 0 Å². The number of nitrogens with zero attached hydrogens (tertiary/aromatic N) is 1. The summed E-state index contributed by atoms with van der Waals surface area (Å²) < 4.78 is 0. The van der Waals surface area contributed by atoms with E-state index in [1.807, 2.05) is 24.3 Å². The molecule has 0 saturated carbocycles. The average molecular weight is 306 g/mol. The van der Waals surface area contributed by atoms with Crippen LogP contribution in [0.2, 0.25) is 0 Å². The van der Waals surface area contributed by atoms with Gasteiger partial charge in [-0.15, -0.1) is 0 Å². The number of amides is 1. The predicted molar refractivity (Wildman–Crippen MR) is 82.9 cm³/mol. The molecule has 5 nitrogen and oxygen atoms in total. The molecule has 1 aromatic carbocycles. The second kappa shape index (κ2) is 6.07. The molecule has 1 saturated heterocycles. The van der Waals surface area contributed by atoms with Gasteiger partial charge in [0.2, 0.25) is 5.91 Å². The van der Waals surface area contributed by atoms with Gasteiger partial charge < -0.3 is 15.3 Å². The molecule has 1 amide bonds. The van der Waals surface area contributed by atoms with Crippen molar-refractivity contribution in [2.24, 2.45) is 0 Å². The normalized spacial score (nSPS) is 24.7. The number of rotatable bonds is 3. The number of benzene rings is 1. The zero-order valence-corrected chi connectivity index (χ0v) is 12.4. The van der Waals surface area contributed by atoms with Crippen molar-refractivity contribution in [3.8, 4) is 0 Å². The molecule has 21 heavy (non-hydrogen) atoms. The maximum Gasteiger partial charge on any atom is 0.304 e. The van der Waals surface area contributed by atoms with Crippen molar-refractivity contribution >= 4 is 29.3 Å². The molecular weight excluding hydrogens is 288 g/mol. The zero-order chi connectivity index (χ0) is 14.8. The van der Waals surface area contributed by atoms with E-state index in [1.54, 1.807) is 16.7 Å². The minimum Gasteiger partial charge on any atom is -0.481 e. The molecule has 2 heterocycles. The first-order valence-electron chi connectivity index (χ1n) is 7.10. The first-order valence-corrected chi connectivity index (χ1v) is 8.25. The number of carbonyl (C=O) groups is 2. The average Bonchev–Trinajstić information content (AvgIpc) is 2.86. The maximum absolute atomic E-state index is 12.7. The Morgan fingerprint density at radius 1 is 1.38 bits per heavy atom. The molecule has 1 aromatic rings. The van der Waals surface area contributed by atoms with E-state index in [0.717, 1.165) is 29.3 Å². The summed E-state index contributed by atoms with van der Waals surface area (Å²) in [5.74, 6) is 0.931. The maximum atomic E-state index is 12.7. The Kier molecular flexibility index (Phi) is 4.17. The molecule has 2 atom stereocenters. The van der Waals surface area contributed by atoms with Gasteiger partial charge in [-0.25, -0.2) is 0 Å². The van der Waals surface area contributed by atoms with Crippen LogP contribution in [-0.4, -0.2) is 47.6 Å². The molecule has 2 aliphatic heterocycles. The van der Waals surface area contributed by atoms with Crippen molar-refractivity contribution in [1.82, 2.24) is 5.32 Å². The second-order valence-corrected chi connectivity index (χ2v) is 6.53. The van der Waals surface area contributed by atoms with Gasteiger partial charge in [0.15, 0.2) is 0 Å². The molecule has 2 aliphatic rings. The van der Waals surface area contributed by atoms with Crippen LogP contribution in [0, 0.1) is 0 Å². The van der Waals surface area contributed by atoms with Gasteiger partial charge >= 0.3 is 5.97 Å². The van der Waals surface area contributed by atoms with Gasteiger partial charge in [-0.1, -0.05) is 18.2 Å². The van der Waals surface area contributed by atoms with Crippen LogP contribution >= 0.6 is 11.8 Å². The Hall–Kier alpha value is -1.53. The Bertz CT molecular complexity index is 558. The van der Waals surface area contributed by atoms with Crippen LogP contribution in [0.3, 0.4) is 0 Å². The van der Waals surface area contributed by atoms with Crippen LogP contribution in [-0.2, 0) is 9.59 Å². The van der Waals surface area contributed by atoms with Crippen LogP contribution < -0.4 is 10.2 Å². The monoisotopic (exact) mass is 306 g/mol. The molecule has 2 N–H and O–H groups in total. The van der Waals surface area contributed by atoms with E-state index in [2.05, 4.69) is 5.32 Å². The van der Waals surface area contributed by atoms with Gasteiger partial charge in [-0.3, -0.25) is 9.59 Å². The van der Waals surface area contributed by atoms with Gasteiger partial charge in [-0.05, 0) is 11.6 Å². The van der Waals surface area contributed by atoms with Gasteiger partial charge in [0.1, 0.15) is 0 Å². The lowest BCUT2D eigenvalue weighted by atomic mass is 9.98. The molecule has 0 bridgehead atoms. The number of carboxylic acids is 1. The molecule has 0 spiro atoms. The highest BCUT2D eigenvalue weighted by molar-refractivity contribution is 7.99. The Labute approximate surface area is 127 Å². The smallest absolute Gasteiger partial charge is 0.304 e. The van der Waals surface area contributed by atoms with Gasteiger partial charge in [-0.2, -0.15) is 11.8 Å².